The third-order valence-electron chi connectivity index (χ3n) is 2.86. The largest absolute Gasteiger partial charge is 0.333 e. The van der Waals surface area contributed by atoms with Gasteiger partial charge in [-0.1, -0.05) is 13.8 Å². The molecule has 0 aliphatic carbocycles. The standard InChI is InChI=1S/C14H24N4O4/c1-8(2)6-9-11(20)18(13(22)15-9)7-10(19)16-12(21)17-14(3,4)5/h8-9H,6-7H2,1-5H3,(H,15,22)(H2,16,17,19,21)/t9-/m0/s1. The van der Waals surface area contributed by atoms with E-state index in [4.69, 9.17) is 0 Å². The summed E-state index contributed by atoms with van der Waals surface area (Å²) in [5.41, 5.74) is -0.492. The van der Waals surface area contributed by atoms with Gasteiger partial charge in [0.1, 0.15) is 12.6 Å². The number of hydrogen-bond donors (Lipinski definition) is 3. The van der Waals surface area contributed by atoms with Crippen LogP contribution in [-0.4, -0.2) is 46.9 Å². The van der Waals surface area contributed by atoms with Crippen molar-refractivity contribution in [2.24, 2.45) is 5.92 Å². The lowest BCUT2D eigenvalue weighted by Crippen LogP contribution is -2.51. The van der Waals surface area contributed by atoms with Crippen molar-refractivity contribution < 1.29 is 19.2 Å². The van der Waals surface area contributed by atoms with Gasteiger partial charge >= 0.3 is 12.1 Å². The van der Waals surface area contributed by atoms with Crippen molar-refractivity contribution >= 4 is 23.9 Å². The molecule has 8 heteroatoms. The van der Waals surface area contributed by atoms with Crippen LogP contribution >= 0.6 is 0 Å². The number of nitrogens with zero attached hydrogens (tertiary/aromatic N) is 1. The summed E-state index contributed by atoms with van der Waals surface area (Å²) in [5, 5.41) is 7.19. The summed E-state index contributed by atoms with van der Waals surface area (Å²) in [7, 11) is 0. The van der Waals surface area contributed by atoms with E-state index >= 15 is 0 Å². The first-order valence-corrected chi connectivity index (χ1v) is 7.23. The Hall–Kier alpha value is -2.12. The molecule has 0 radical (unpaired) electrons. The molecule has 0 unspecified atom stereocenters. The highest BCUT2D eigenvalue weighted by Crippen LogP contribution is 2.13. The molecule has 0 aromatic heterocycles. The van der Waals surface area contributed by atoms with Gasteiger partial charge in [-0.25, -0.2) is 9.59 Å². The molecule has 1 fully saturated rings. The highest BCUT2D eigenvalue weighted by molar-refractivity contribution is 6.07. The van der Waals surface area contributed by atoms with Crippen LogP contribution < -0.4 is 16.0 Å². The molecule has 0 spiro atoms. The summed E-state index contributed by atoms with van der Waals surface area (Å²) in [6.45, 7) is 8.70. The lowest BCUT2D eigenvalue weighted by atomic mass is 10.0. The lowest BCUT2D eigenvalue weighted by Gasteiger charge is -2.20. The molecule has 1 heterocycles. The minimum Gasteiger partial charge on any atom is -0.333 e. The number of carbonyl (C=O) groups excluding carboxylic acids is 4. The Morgan fingerprint density at radius 1 is 1.27 bits per heavy atom. The predicted molar refractivity (Wildman–Crippen MR) is 79.9 cm³/mol. The molecule has 0 aromatic carbocycles. The third-order valence-corrected chi connectivity index (χ3v) is 2.86. The molecule has 22 heavy (non-hydrogen) atoms. The molecular weight excluding hydrogens is 288 g/mol. The molecule has 1 aliphatic heterocycles. The average Bonchev–Trinajstić information content (AvgIpc) is 2.53. The fourth-order valence-corrected chi connectivity index (χ4v) is 2.04. The van der Waals surface area contributed by atoms with E-state index in [9.17, 15) is 19.2 Å². The molecule has 0 aromatic rings. The van der Waals surface area contributed by atoms with Crippen LogP contribution in [0.2, 0.25) is 0 Å². The smallest absolute Gasteiger partial charge is 0.325 e. The van der Waals surface area contributed by atoms with Crippen LogP contribution in [0, 0.1) is 5.92 Å². The molecule has 0 bridgehead atoms. The molecule has 1 saturated heterocycles. The zero-order valence-electron chi connectivity index (χ0n) is 13.6. The van der Waals surface area contributed by atoms with Gasteiger partial charge in [-0.15, -0.1) is 0 Å². The minimum absolute atomic E-state index is 0.237. The summed E-state index contributed by atoms with van der Waals surface area (Å²) in [6.07, 6.45) is 0.507. The number of nitrogens with one attached hydrogen (secondary N) is 3. The van der Waals surface area contributed by atoms with Crippen molar-refractivity contribution in [3.05, 3.63) is 0 Å². The van der Waals surface area contributed by atoms with Gasteiger partial charge in [-0.05, 0) is 33.1 Å². The van der Waals surface area contributed by atoms with Crippen molar-refractivity contribution in [3.63, 3.8) is 0 Å². The zero-order valence-corrected chi connectivity index (χ0v) is 13.6. The second-order valence-electron chi connectivity index (χ2n) is 6.81. The van der Waals surface area contributed by atoms with Crippen molar-refractivity contribution in [2.45, 2.75) is 52.6 Å². The van der Waals surface area contributed by atoms with Gasteiger partial charge in [0.2, 0.25) is 5.91 Å². The highest BCUT2D eigenvalue weighted by Gasteiger charge is 2.39. The molecule has 3 N–H and O–H groups in total. The van der Waals surface area contributed by atoms with Gasteiger partial charge in [-0.3, -0.25) is 19.8 Å². The summed E-state index contributed by atoms with van der Waals surface area (Å²) >= 11 is 0. The van der Waals surface area contributed by atoms with Crippen LogP contribution in [0.4, 0.5) is 9.59 Å². The second kappa shape index (κ2) is 6.76. The van der Waals surface area contributed by atoms with Crippen LogP contribution in [0.3, 0.4) is 0 Å². The topological polar surface area (TPSA) is 108 Å². The van der Waals surface area contributed by atoms with Crippen LogP contribution in [0.1, 0.15) is 41.0 Å². The van der Waals surface area contributed by atoms with Gasteiger partial charge < -0.3 is 10.6 Å². The van der Waals surface area contributed by atoms with E-state index < -0.39 is 42.0 Å². The van der Waals surface area contributed by atoms with Crippen LogP contribution in [0.25, 0.3) is 0 Å². The van der Waals surface area contributed by atoms with Gasteiger partial charge in [0.15, 0.2) is 0 Å². The van der Waals surface area contributed by atoms with E-state index in [1.165, 1.54) is 0 Å². The predicted octanol–water partition coefficient (Wildman–Crippen LogP) is 0.577. The molecular formula is C14H24N4O4. The zero-order chi connectivity index (χ0) is 17.1. The number of hydrogen-bond acceptors (Lipinski definition) is 4. The Labute approximate surface area is 130 Å². The molecule has 1 rings (SSSR count). The number of imide groups is 2. The van der Waals surface area contributed by atoms with Gasteiger partial charge in [0.25, 0.3) is 5.91 Å². The van der Waals surface area contributed by atoms with Gasteiger partial charge in [0.05, 0.1) is 0 Å². The summed E-state index contributed by atoms with van der Waals surface area (Å²) in [5.74, 6) is -0.916. The molecule has 8 nitrogen and oxygen atoms in total. The molecule has 124 valence electrons. The Morgan fingerprint density at radius 2 is 1.86 bits per heavy atom. The maximum atomic E-state index is 12.1. The molecule has 1 aliphatic rings. The fraction of sp³-hybridized carbons (Fsp3) is 0.714. The number of rotatable bonds is 4. The third kappa shape index (κ3) is 5.34. The maximum absolute atomic E-state index is 12.1. The van der Waals surface area contributed by atoms with Crippen molar-refractivity contribution in [1.29, 1.82) is 0 Å². The van der Waals surface area contributed by atoms with Gasteiger partial charge in [-0.2, -0.15) is 0 Å². The van der Waals surface area contributed by atoms with Crippen LogP contribution in [0.15, 0.2) is 0 Å². The minimum atomic E-state index is -0.713. The van der Waals surface area contributed by atoms with E-state index in [0.717, 1.165) is 4.90 Å². The Kier molecular flexibility index (Phi) is 5.51. The lowest BCUT2D eigenvalue weighted by molar-refractivity contribution is -0.132. The van der Waals surface area contributed by atoms with Crippen molar-refractivity contribution in [2.75, 3.05) is 6.54 Å². The Morgan fingerprint density at radius 3 is 2.36 bits per heavy atom. The van der Waals surface area contributed by atoms with Crippen LogP contribution in [0.5, 0.6) is 0 Å². The van der Waals surface area contributed by atoms with E-state index in [2.05, 4.69) is 16.0 Å². The first kappa shape index (κ1) is 17.9. The summed E-state index contributed by atoms with van der Waals surface area (Å²) in [6, 6.07) is -1.88. The number of carbonyl (C=O) groups is 4. The van der Waals surface area contributed by atoms with Crippen molar-refractivity contribution in [1.82, 2.24) is 20.9 Å². The van der Waals surface area contributed by atoms with E-state index in [1.807, 2.05) is 13.8 Å². The summed E-state index contributed by atoms with van der Waals surface area (Å²) in [4.78, 5) is 48.0. The Balaban J connectivity index is 2.56. The maximum Gasteiger partial charge on any atom is 0.325 e. The fourth-order valence-electron chi connectivity index (χ4n) is 2.04. The molecule has 6 amide bonds. The molecule has 0 saturated carbocycles. The van der Waals surface area contributed by atoms with E-state index in [-0.39, 0.29) is 5.92 Å². The summed E-state index contributed by atoms with van der Waals surface area (Å²) < 4.78 is 0. The normalized spacial score (nSPS) is 18.5. The molecule has 1 atom stereocenters. The highest BCUT2D eigenvalue weighted by atomic mass is 16.2. The van der Waals surface area contributed by atoms with E-state index in [0.29, 0.717) is 6.42 Å². The Bertz CT molecular complexity index is 482. The van der Waals surface area contributed by atoms with Crippen molar-refractivity contribution in [3.8, 4) is 0 Å². The van der Waals surface area contributed by atoms with E-state index in [1.54, 1.807) is 20.8 Å². The first-order chi connectivity index (χ1) is 9.99. The number of amides is 6. The second-order valence-corrected chi connectivity index (χ2v) is 6.81. The SMILES string of the molecule is CC(C)C[C@@H]1NC(=O)N(CC(=O)NC(=O)NC(C)(C)C)C1=O. The number of urea groups is 2. The first-order valence-electron chi connectivity index (χ1n) is 7.23. The quantitative estimate of drug-likeness (QED) is 0.660. The van der Waals surface area contributed by atoms with Gasteiger partial charge in [0, 0.05) is 5.54 Å². The monoisotopic (exact) mass is 312 g/mol. The average molecular weight is 312 g/mol. The van der Waals surface area contributed by atoms with Crippen LogP contribution in [-0.2, 0) is 9.59 Å².